The summed E-state index contributed by atoms with van der Waals surface area (Å²) < 4.78 is 13.4. The molecule has 1 aliphatic carbocycles. The van der Waals surface area contributed by atoms with Crippen LogP contribution in [0.2, 0.25) is 5.02 Å². The summed E-state index contributed by atoms with van der Waals surface area (Å²) in [5.41, 5.74) is 0.899. The topological polar surface area (TPSA) is 12.0 Å². The second kappa shape index (κ2) is 5.15. The molecule has 1 aromatic carbocycles. The van der Waals surface area contributed by atoms with E-state index in [2.05, 4.69) is 12.2 Å². The van der Waals surface area contributed by atoms with Crippen molar-refractivity contribution in [2.24, 2.45) is 5.92 Å². The minimum absolute atomic E-state index is 0.195. The average Bonchev–Trinajstić information content (AvgIpc) is 3.06. The quantitative estimate of drug-likeness (QED) is 0.824. The first-order valence-corrected chi connectivity index (χ1v) is 6.27. The van der Waals surface area contributed by atoms with Crippen LogP contribution in [0.3, 0.4) is 0 Å². The van der Waals surface area contributed by atoms with Gasteiger partial charge in [-0.2, -0.15) is 0 Å². The van der Waals surface area contributed by atoms with Crippen molar-refractivity contribution in [3.8, 4) is 0 Å². The number of rotatable bonds is 5. The Labute approximate surface area is 101 Å². The van der Waals surface area contributed by atoms with Crippen molar-refractivity contribution in [2.75, 3.05) is 6.54 Å². The van der Waals surface area contributed by atoms with E-state index in [1.54, 1.807) is 6.07 Å². The van der Waals surface area contributed by atoms with Gasteiger partial charge in [0.25, 0.3) is 0 Å². The molecule has 16 heavy (non-hydrogen) atoms. The third kappa shape index (κ3) is 2.74. The molecule has 1 N–H and O–H groups in total. The molecule has 0 aromatic heterocycles. The molecular weight excluding hydrogens is 225 g/mol. The van der Waals surface area contributed by atoms with Crippen LogP contribution in [0.1, 0.15) is 37.8 Å². The lowest BCUT2D eigenvalue weighted by Crippen LogP contribution is -2.22. The first-order valence-electron chi connectivity index (χ1n) is 5.89. The van der Waals surface area contributed by atoms with Gasteiger partial charge in [-0.15, -0.1) is 0 Å². The molecule has 1 fully saturated rings. The normalized spacial score (nSPS) is 17.4. The molecule has 1 aromatic rings. The van der Waals surface area contributed by atoms with Crippen molar-refractivity contribution in [2.45, 2.75) is 32.2 Å². The van der Waals surface area contributed by atoms with E-state index in [1.807, 2.05) is 6.07 Å². The molecule has 0 amide bonds. The highest BCUT2D eigenvalue weighted by Gasteiger charge is 2.27. The summed E-state index contributed by atoms with van der Waals surface area (Å²) in [5.74, 6) is 0.473. The lowest BCUT2D eigenvalue weighted by molar-refractivity contribution is 0.484. The molecular formula is C13H17ClFN. The molecule has 0 bridgehead atoms. The molecule has 1 atom stereocenters. The van der Waals surface area contributed by atoms with Crippen LogP contribution >= 0.6 is 11.6 Å². The van der Waals surface area contributed by atoms with E-state index in [4.69, 9.17) is 11.6 Å². The van der Waals surface area contributed by atoms with Crippen molar-refractivity contribution in [3.63, 3.8) is 0 Å². The van der Waals surface area contributed by atoms with Gasteiger partial charge in [-0.3, -0.25) is 0 Å². The van der Waals surface area contributed by atoms with Gasteiger partial charge in [0.05, 0.1) is 5.02 Å². The van der Waals surface area contributed by atoms with Crippen molar-refractivity contribution >= 4 is 11.6 Å². The zero-order valence-corrected chi connectivity index (χ0v) is 10.2. The summed E-state index contributed by atoms with van der Waals surface area (Å²) in [6.07, 6.45) is 3.67. The smallest absolute Gasteiger partial charge is 0.142 e. The van der Waals surface area contributed by atoms with Gasteiger partial charge in [-0.25, -0.2) is 4.39 Å². The molecule has 0 heterocycles. The Morgan fingerprint density at radius 3 is 2.88 bits per heavy atom. The highest BCUT2D eigenvalue weighted by molar-refractivity contribution is 6.31. The number of hydrogen-bond donors (Lipinski definition) is 1. The van der Waals surface area contributed by atoms with Crippen LogP contribution in [0.5, 0.6) is 0 Å². The molecule has 1 aliphatic rings. The van der Waals surface area contributed by atoms with Gasteiger partial charge < -0.3 is 5.32 Å². The van der Waals surface area contributed by atoms with Crippen LogP contribution in [0, 0.1) is 11.7 Å². The number of halogens is 2. The molecule has 3 heteroatoms. The Hall–Kier alpha value is -0.600. The van der Waals surface area contributed by atoms with Gasteiger partial charge in [-0.05, 0) is 30.5 Å². The van der Waals surface area contributed by atoms with Crippen LogP contribution in [0.25, 0.3) is 0 Å². The van der Waals surface area contributed by atoms with Gasteiger partial charge in [0.15, 0.2) is 0 Å². The first kappa shape index (κ1) is 11.9. The van der Waals surface area contributed by atoms with E-state index >= 15 is 0 Å². The van der Waals surface area contributed by atoms with E-state index < -0.39 is 0 Å². The van der Waals surface area contributed by atoms with Crippen molar-refractivity contribution in [3.05, 3.63) is 34.6 Å². The van der Waals surface area contributed by atoms with Gasteiger partial charge in [0.1, 0.15) is 5.82 Å². The Kier molecular flexibility index (Phi) is 3.82. The fourth-order valence-electron chi connectivity index (χ4n) is 2.04. The number of hydrogen-bond acceptors (Lipinski definition) is 1. The minimum Gasteiger partial charge on any atom is -0.310 e. The Bertz CT molecular complexity index is 363. The maximum absolute atomic E-state index is 13.4. The maximum atomic E-state index is 13.4. The summed E-state index contributed by atoms with van der Waals surface area (Å²) in [6.45, 7) is 2.94. The molecule has 0 saturated heterocycles. The summed E-state index contributed by atoms with van der Waals surface area (Å²) in [4.78, 5) is 0. The van der Waals surface area contributed by atoms with Crippen LogP contribution in [0.4, 0.5) is 4.39 Å². The standard InChI is InChI=1S/C13H17ClFN/c1-2-16-12(8-9-6-7-9)10-4-3-5-11(15)13(10)14/h3-5,9,12,16H,2,6-8H2,1H3. The summed E-state index contributed by atoms with van der Waals surface area (Å²) in [5, 5.41) is 3.66. The Morgan fingerprint density at radius 2 is 2.25 bits per heavy atom. The first-order chi connectivity index (χ1) is 7.72. The summed E-state index contributed by atoms with van der Waals surface area (Å²) in [7, 11) is 0. The average molecular weight is 242 g/mol. The predicted octanol–water partition coefficient (Wildman–Crippen LogP) is 3.93. The Balaban J connectivity index is 2.18. The molecule has 1 nitrogen and oxygen atoms in total. The zero-order chi connectivity index (χ0) is 11.5. The van der Waals surface area contributed by atoms with Gasteiger partial charge in [0.2, 0.25) is 0 Å². The second-order valence-electron chi connectivity index (χ2n) is 4.43. The minimum atomic E-state index is -0.321. The van der Waals surface area contributed by atoms with Gasteiger partial charge in [0, 0.05) is 6.04 Å². The highest BCUT2D eigenvalue weighted by Crippen LogP contribution is 2.39. The molecule has 2 rings (SSSR count). The van der Waals surface area contributed by atoms with Crippen LogP contribution in [-0.4, -0.2) is 6.54 Å². The molecule has 1 saturated carbocycles. The highest BCUT2D eigenvalue weighted by atomic mass is 35.5. The van der Waals surface area contributed by atoms with Crippen LogP contribution < -0.4 is 5.32 Å². The van der Waals surface area contributed by atoms with E-state index in [0.717, 1.165) is 24.4 Å². The van der Waals surface area contributed by atoms with Crippen LogP contribution in [-0.2, 0) is 0 Å². The van der Waals surface area contributed by atoms with Crippen molar-refractivity contribution in [1.82, 2.24) is 5.32 Å². The SMILES string of the molecule is CCNC(CC1CC1)c1cccc(F)c1Cl. The molecule has 0 aliphatic heterocycles. The lowest BCUT2D eigenvalue weighted by Gasteiger charge is -2.19. The summed E-state index contributed by atoms with van der Waals surface area (Å²) >= 11 is 6.01. The van der Waals surface area contributed by atoms with Gasteiger partial charge in [-0.1, -0.05) is 43.5 Å². The monoisotopic (exact) mass is 241 g/mol. The van der Waals surface area contributed by atoms with E-state index in [1.165, 1.54) is 18.9 Å². The van der Waals surface area contributed by atoms with E-state index in [0.29, 0.717) is 0 Å². The number of benzene rings is 1. The molecule has 88 valence electrons. The Morgan fingerprint density at radius 1 is 1.50 bits per heavy atom. The maximum Gasteiger partial charge on any atom is 0.142 e. The third-order valence-electron chi connectivity index (χ3n) is 3.07. The summed E-state index contributed by atoms with van der Waals surface area (Å²) in [6, 6.07) is 5.25. The van der Waals surface area contributed by atoms with E-state index in [-0.39, 0.29) is 16.9 Å². The predicted molar refractivity (Wildman–Crippen MR) is 65.2 cm³/mol. The molecule has 1 unspecified atom stereocenters. The van der Waals surface area contributed by atoms with E-state index in [9.17, 15) is 4.39 Å². The lowest BCUT2D eigenvalue weighted by atomic mass is 10.0. The van der Waals surface area contributed by atoms with Crippen molar-refractivity contribution in [1.29, 1.82) is 0 Å². The zero-order valence-electron chi connectivity index (χ0n) is 9.47. The molecule has 0 spiro atoms. The largest absolute Gasteiger partial charge is 0.310 e. The molecule has 0 radical (unpaired) electrons. The fourth-order valence-corrected chi connectivity index (χ4v) is 2.30. The number of nitrogens with one attached hydrogen (secondary N) is 1. The van der Waals surface area contributed by atoms with Gasteiger partial charge >= 0.3 is 0 Å². The van der Waals surface area contributed by atoms with Crippen LogP contribution in [0.15, 0.2) is 18.2 Å². The van der Waals surface area contributed by atoms with Crippen molar-refractivity contribution < 1.29 is 4.39 Å². The second-order valence-corrected chi connectivity index (χ2v) is 4.81. The third-order valence-corrected chi connectivity index (χ3v) is 3.47. The fraction of sp³-hybridized carbons (Fsp3) is 0.538.